The molecule has 3 aromatic carbocycles. The summed E-state index contributed by atoms with van der Waals surface area (Å²) in [5.41, 5.74) is 5.07. The number of carbonyl (C=O) groups is 1. The number of carbonyl (C=O) groups excluding carboxylic acids is 1. The molecule has 0 saturated heterocycles. The van der Waals surface area contributed by atoms with Crippen LogP contribution < -0.4 is 10.6 Å². The van der Waals surface area contributed by atoms with Crippen LogP contribution >= 0.6 is 11.6 Å². The zero-order valence-electron chi connectivity index (χ0n) is 15.6. The van der Waals surface area contributed by atoms with Gasteiger partial charge in [0.2, 0.25) is 0 Å². The normalized spacial score (nSPS) is 10.8. The zero-order chi connectivity index (χ0) is 19.2. The second-order valence-electron chi connectivity index (χ2n) is 6.73. The Bertz CT molecular complexity index is 848. The Labute approximate surface area is 165 Å². The van der Waals surface area contributed by atoms with Crippen LogP contribution in [0.2, 0.25) is 5.02 Å². The fraction of sp³-hybridized carbons (Fsp3) is 0.174. The molecule has 3 N–H and O–H groups in total. The van der Waals surface area contributed by atoms with Gasteiger partial charge in [0.25, 0.3) is 5.91 Å². The fourth-order valence-corrected chi connectivity index (χ4v) is 3.64. The van der Waals surface area contributed by atoms with Gasteiger partial charge in [-0.1, -0.05) is 78.3 Å². The van der Waals surface area contributed by atoms with Crippen LogP contribution in [0.5, 0.6) is 0 Å². The number of nitrogens with two attached hydrogens (primary N) is 1. The van der Waals surface area contributed by atoms with Crippen molar-refractivity contribution < 1.29 is 10.1 Å². The summed E-state index contributed by atoms with van der Waals surface area (Å²) in [4.78, 5) is 12.6. The van der Waals surface area contributed by atoms with Crippen LogP contribution in [0.1, 0.15) is 28.3 Å². The maximum Gasteiger partial charge on any atom is 0.279 e. The van der Waals surface area contributed by atoms with Crippen LogP contribution in [-0.4, -0.2) is 12.5 Å². The predicted molar refractivity (Wildman–Crippen MR) is 111 cm³/mol. The van der Waals surface area contributed by atoms with E-state index < -0.39 is 0 Å². The zero-order valence-corrected chi connectivity index (χ0v) is 16.3. The number of nitrogens with one attached hydrogen (secondary N) is 1. The highest BCUT2D eigenvalue weighted by atomic mass is 35.5. The van der Waals surface area contributed by atoms with Crippen molar-refractivity contribution in [2.75, 3.05) is 11.9 Å². The molecule has 0 heterocycles. The third kappa shape index (κ3) is 4.97. The van der Waals surface area contributed by atoms with Crippen molar-refractivity contribution in [1.29, 1.82) is 0 Å². The van der Waals surface area contributed by atoms with Gasteiger partial charge < -0.3 is 10.6 Å². The van der Waals surface area contributed by atoms with Crippen molar-refractivity contribution in [3.05, 3.63) is 100 Å². The molecule has 3 rings (SSSR count). The summed E-state index contributed by atoms with van der Waals surface area (Å²) in [6.45, 7) is 4.25. The molecule has 0 atom stereocenters. The van der Waals surface area contributed by atoms with Crippen molar-refractivity contribution in [3.8, 4) is 0 Å². The molecule has 0 aliphatic heterocycles. The van der Waals surface area contributed by atoms with Crippen LogP contribution in [-0.2, 0) is 4.79 Å². The molecule has 0 saturated carbocycles. The molecule has 0 fully saturated rings. The van der Waals surface area contributed by atoms with Gasteiger partial charge in [0, 0.05) is 11.1 Å². The molecular weight excluding hydrogens is 356 g/mol. The van der Waals surface area contributed by atoms with Crippen LogP contribution in [0.3, 0.4) is 0 Å². The topological polar surface area (TPSA) is 45.7 Å². The molecule has 0 aliphatic rings. The predicted octanol–water partition coefficient (Wildman–Crippen LogP) is 4.25. The van der Waals surface area contributed by atoms with Crippen molar-refractivity contribution in [2.24, 2.45) is 0 Å². The number of quaternary nitrogens is 1. The van der Waals surface area contributed by atoms with Crippen LogP contribution in [0.4, 0.5) is 5.69 Å². The minimum Gasteiger partial charge on any atom is -0.328 e. The minimum absolute atomic E-state index is 0.0627. The minimum atomic E-state index is -0.0688. The van der Waals surface area contributed by atoms with Crippen molar-refractivity contribution in [3.63, 3.8) is 0 Å². The average molecular weight is 380 g/mol. The second-order valence-corrected chi connectivity index (χ2v) is 7.13. The van der Waals surface area contributed by atoms with Gasteiger partial charge in [-0.2, -0.15) is 0 Å². The Balaban J connectivity index is 1.73. The number of benzene rings is 3. The summed E-state index contributed by atoms with van der Waals surface area (Å²) in [7, 11) is 0. The first kappa shape index (κ1) is 19.2. The lowest BCUT2D eigenvalue weighted by Gasteiger charge is -2.17. The molecule has 0 bridgehead atoms. The van der Waals surface area contributed by atoms with E-state index in [1.165, 1.54) is 11.1 Å². The van der Waals surface area contributed by atoms with Crippen molar-refractivity contribution in [2.45, 2.75) is 19.9 Å². The molecule has 0 aromatic heterocycles. The van der Waals surface area contributed by atoms with Gasteiger partial charge >= 0.3 is 0 Å². The summed E-state index contributed by atoms with van der Waals surface area (Å²) in [6, 6.07) is 24.4. The van der Waals surface area contributed by atoms with Gasteiger partial charge in [0.05, 0.1) is 10.7 Å². The Morgan fingerprint density at radius 3 is 2.04 bits per heavy atom. The summed E-state index contributed by atoms with van der Waals surface area (Å²) < 4.78 is 0. The van der Waals surface area contributed by atoms with Gasteiger partial charge in [-0.3, -0.25) is 4.79 Å². The van der Waals surface area contributed by atoms with E-state index in [4.69, 9.17) is 11.6 Å². The maximum atomic E-state index is 12.6. The van der Waals surface area contributed by atoms with E-state index in [9.17, 15) is 4.79 Å². The van der Waals surface area contributed by atoms with E-state index in [0.717, 1.165) is 11.1 Å². The highest BCUT2D eigenvalue weighted by Crippen LogP contribution is 2.27. The first-order chi connectivity index (χ1) is 13.0. The molecule has 27 heavy (non-hydrogen) atoms. The fourth-order valence-electron chi connectivity index (χ4n) is 3.27. The van der Waals surface area contributed by atoms with Crippen molar-refractivity contribution in [1.82, 2.24) is 0 Å². The van der Waals surface area contributed by atoms with Gasteiger partial charge in [0.15, 0.2) is 6.54 Å². The molecule has 0 aliphatic carbocycles. The van der Waals surface area contributed by atoms with E-state index in [-0.39, 0.29) is 11.9 Å². The third-order valence-electron chi connectivity index (χ3n) is 4.55. The molecule has 1 amide bonds. The lowest BCUT2D eigenvalue weighted by Crippen LogP contribution is -2.87. The molecule has 0 spiro atoms. The molecule has 3 aromatic rings. The van der Waals surface area contributed by atoms with Gasteiger partial charge in [-0.05, 0) is 31.0 Å². The lowest BCUT2D eigenvalue weighted by molar-refractivity contribution is -0.676. The molecular formula is C23H24ClN2O+. The van der Waals surface area contributed by atoms with Crippen LogP contribution in [0.15, 0.2) is 72.8 Å². The van der Waals surface area contributed by atoms with Gasteiger partial charge in [-0.25, -0.2) is 0 Å². The number of aryl methyl sites for hydroxylation is 2. The standard InChI is InChI=1S/C23H23ClN2O/c1-16-13-17(2)22(20(24)14-16)26-21(27)15-25-23(18-9-5-3-6-10-18)19-11-7-4-8-12-19/h3-14,23,25H,15H2,1-2H3,(H,26,27)/p+1. The van der Waals surface area contributed by atoms with Gasteiger partial charge in [0.1, 0.15) is 6.04 Å². The Morgan fingerprint density at radius 2 is 1.52 bits per heavy atom. The summed E-state index contributed by atoms with van der Waals surface area (Å²) in [5, 5.41) is 5.59. The summed E-state index contributed by atoms with van der Waals surface area (Å²) in [6.07, 6.45) is 0. The van der Waals surface area contributed by atoms with Crippen LogP contribution in [0, 0.1) is 13.8 Å². The average Bonchev–Trinajstić information content (AvgIpc) is 2.66. The molecule has 138 valence electrons. The number of amides is 1. The first-order valence-electron chi connectivity index (χ1n) is 9.04. The largest absolute Gasteiger partial charge is 0.328 e. The quantitative estimate of drug-likeness (QED) is 0.660. The second kappa shape index (κ2) is 8.85. The SMILES string of the molecule is Cc1cc(C)c(NC(=O)C[NH2+]C(c2ccccc2)c2ccccc2)c(Cl)c1. The van der Waals surface area contributed by atoms with Gasteiger partial charge in [-0.15, -0.1) is 0 Å². The number of halogens is 1. The van der Waals surface area contributed by atoms with E-state index in [2.05, 4.69) is 34.9 Å². The smallest absolute Gasteiger partial charge is 0.279 e. The third-order valence-corrected chi connectivity index (χ3v) is 4.85. The number of hydrogen-bond acceptors (Lipinski definition) is 1. The summed E-state index contributed by atoms with van der Waals surface area (Å²) >= 11 is 6.31. The Hall–Kier alpha value is -2.62. The van der Waals surface area contributed by atoms with Crippen LogP contribution in [0.25, 0.3) is 0 Å². The molecule has 0 radical (unpaired) electrons. The number of anilines is 1. The highest BCUT2D eigenvalue weighted by molar-refractivity contribution is 6.34. The summed E-state index contributed by atoms with van der Waals surface area (Å²) in [5.74, 6) is -0.0688. The molecule has 4 heteroatoms. The molecule has 3 nitrogen and oxygen atoms in total. The van der Waals surface area contributed by atoms with E-state index >= 15 is 0 Å². The Kier molecular flexibility index (Phi) is 6.28. The monoisotopic (exact) mass is 379 g/mol. The van der Waals surface area contributed by atoms with E-state index in [1.807, 2.05) is 62.4 Å². The Morgan fingerprint density at radius 1 is 0.963 bits per heavy atom. The lowest BCUT2D eigenvalue weighted by atomic mass is 9.99. The number of hydrogen-bond donors (Lipinski definition) is 2. The maximum absolute atomic E-state index is 12.6. The van der Waals surface area contributed by atoms with E-state index in [0.29, 0.717) is 17.3 Å². The first-order valence-corrected chi connectivity index (χ1v) is 9.42. The van der Waals surface area contributed by atoms with Crippen molar-refractivity contribution >= 4 is 23.2 Å². The molecule has 0 unspecified atom stereocenters. The van der Waals surface area contributed by atoms with E-state index in [1.54, 1.807) is 0 Å². The highest BCUT2D eigenvalue weighted by Gasteiger charge is 2.19. The number of rotatable bonds is 6.